The first kappa shape index (κ1) is 15.5. The van der Waals surface area contributed by atoms with E-state index in [1.54, 1.807) is 11.3 Å². The number of thiophene rings is 1. The summed E-state index contributed by atoms with van der Waals surface area (Å²) in [5.74, 6) is 0. The van der Waals surface area contributed by atoms with E-state index >= 15 is 0 Å². The van der Waals surface area contributed by atoms with Crippen LogP contribution in [-0.2, 0) is 9.31 Å². The van der Waals surface area contributed by atoms with Gasteiger partial charge in [-0.15, -0.1) is 11.3 Å². The lowest BCUT2D eigenvalue weighted by Crippen LogP contribution is -2.41. The molecule has 1 aliphatic rings. The summed E-state index contributed by atoms with van der Waals surface area (Å²) >= 11 is 8.28. The van der Waals surface area contributed by atoms with Gasteiger partial charge in [-0.1, -0.05) is 35.9 Å². The van der Waals surface area contributed by atoms with Crippen LogP contribution in [0.15, 0.2) is 36.4 Å². The number of hydrogen-bond acceptors (Lipinski definition) is 3. The van der Waals surface area contributed by atoms with Gasteiger partial charge in [-0.05, 0) is 45.3 Å². The number of fused-ring (bicyclic) bond motifs is 3. The molecule has 0 saturated carbocycles. The normalized spacial score (nSPS) is 19.8. The maximum Gasteiger partial charge on any atom is 0.494 e. The van der Waals surface area contributed by atoms with Crippen LogP contribution < -0.4 is 5.46 Å². The Morgan fingerprint density at radius 1 is 0.957 bits per heavy atom. The van der Waals surface area contributed by atoms with Crippen LogP contribution in [0.2, 0.25) is 5.02 Å². The van der Waals surface area contributed by atoms with Crippen molar-refractivity contribution in [2.75, 3.05) is 0 Å². The Balaban J connectivity index is 1.88. The van der Waals surface area contributed by atoms with Crippen LogP contribution in [0.5, 0.6) is 0 Å². The largest absolute Gasteiger partial charge is 0.494 e. The highest BCUT2D eigenvalue weighted by atomic mass is 35.5. The van der Waals surface area contributed by atoms with E-state index in [0.29, 0.717) is 0 Å². The van der Waals surface area contributed by atoms with Crippen molar-refractivity contribution in [2.24, 2.45) is 0 Å². The molecule has 4 rings (SSSR count). The van der Waals surface area contributed by atoms with Crippen molar-refractivity contribution in [3.05, 3.63) is 41.4 Å². The Kier molecular flexibility index (Phi) is 3.34. The minimum absolute atomic E-state index is 0.351. The molecule has 1 saturated heterocycles. The Labute approximate surface area is 145 Å². The minimum atomic E-state index is -0.388. The first-order valence-corrected chi connectivity index (χ1v) is 8.94. The third-order valence-electron chi connectivity index (χ3n) is 4.98. The monoisotopic (exact) mass is 344 g/mol. The molecule has 0 N–H and O–H groups in total. The lowest BCUT2D eigenvalue weighted by Gasteiger charge is -2.32. The number of benzene rings is 2. The fraction of sp³-hybridized carbons (Fsp3) is 0.333. The predicted octanol–water partition coefficient (Wildman–Crippen LogP) is 5.01. The second-order valence-electron chi connectivity index (χ2n) is 7.07. The first-order chi connectivity index (χ1) is 10.8. The fourth-order valence-electron chi connectivity index (χ4n) is 2.92. The molecule has 0 spiro atoms. The van der Waals surface area contributed by atoms with Crippen molar-refractivity contribution in [3.8, 4) is 0 Å². The molecule has 2 nitrogen and oxygen atoms in total. The van der Waals surface area contributed by atoms with E-state index in [9.17, 15) is 0 Å². The summed E-state index contributed by atoms with van der Waals surface area (Å²) in [6.45, 7) is 8.25. The van der Waals surface area contributed by atoms with Crippen LogP contribution in [-0.4, -0.2) is 18.3 Å². The lowest BCUT2D eigenvalue weighted by atomic mass is 9.78. The van der Waals surface area contributed by atoms with Gasteiger partial charge >= 0.3 is 7.12 Å². The van der Waals surface area contributed by atoms with Gasteiger partial charge in [0, 0.05) is 15.5 Å². The topological polar surface area (TPSA) is 18.5 Å². The van der Waals surface area contributed by atoms with Crippen molar-refractivity contribution in [1.82, 2.24) is 0 Å². The molecular formula is C18H18BClO2S. The van der Waals surface area contributed by atoms with E-state index in [2.05, 4.69) is 58.0 Å². The van der Waals surface area contributed by atoms with E-state index in [4.69, 9.17) is 20.9 Å². The highest BCUT2D eigenvalue weighted by Crippen LogP contribution is 2.39. The van der Waals surface area contributed by atoms with Crippen molar-refractivity contribution in [2.45, 2.75) is 38.9 Å². The lowest BCUT2D eigenvalue weighted by molar-refractivity contribution is 0.00578. The zero-order valence-electron chi connectivity index (χ0n) is 13.6. The van der Waals surface area contributed by atoms with Crippen molar-refractivity contribution >= 4 is 55.7 Å². The molecule has 0 amide bonds. The summed E-state index contributed by atoms with van der Waals surface area (Å²) in [4.78, 5) is 0. The Morgan fingerprint density at radius 3 is 2.30 bits per heavy atom. The number of halogens is 1. The van der Waals surface area contributed by atoms with Crippen LogP contribution in [0, 0.1) is 0 Å². The van der Waals surface area contributed by atoms with Gasteiger partial charge in [-0.3, -0.25) is 0 Å². The van der Waals surface area contributed by atoms with Crippen molar-refractivity contribution < 1.29 is 9.31 Å². The van der Waals surface area contributed by atoms with E-state index in [1.807, 2.05) is 6.07 Å². The summed E-state index contributed by atoms with van der Waals surface area (Å²) in [5.41, 5.74) is 0.274. The second kappa shape index (κ2) is 4.96. The van der Waals surface area contributed by atoms with Crippen molar-refractivity contribution in [1.29, 1.82) is 0 Å². The zero-order valence-corrected chi connectivity index (χ0v) is 15.2. The van der Waals surface area contributed by atoms with Crippen LogP contribution in [0.25, 0.3) is 20.2 Å². The van der Waals surface area contributed by atoms with E-state index in [1.165, 1.54) is 15.5 Å². The molecule has 1 aliphatic heterocycles. The SMILES string of the molecule is CC1(C)OB(c2cc(Cl)c3sc4ccccc4c3c2)OC1(C)C. The third kappa shape index (κ3) is 2.32. The number of hydrogen-bond donors (Lipinski definition) is 0. The predicted molar refractivity (Wildman–Crippen MR) is 100 cm³/mol. The molecule has 3 aromatic rings. The molecule has 0 bridgehead atoms. The molecule has 0 radical (unpaired) electrons. The summed E-state index contributed by atoms with van der Waals surface area (Å²) in [6.07, 6.45) is 0. The second-order valence-corrected chi connectivity index (χ2v) is 8.53. The molecule has 23 heavy (non-hydrogen) atoms. The number of rotatable bonds is 1. The molecule has 118 valence electrons. The molecule has 1 fully saturated rings. The van der Waals surface area contributed by atoms with Crippen molar-refractivity contribution in [3.63, 3.8) is 0 Å². The average Bonchev–Trinajstić information content (AvgIpc) is 2.95. The maximum atomic E-state index is 6.55. The van der Waals surface area contributed by atoms with Crippen LogP contribution >= 0.6 is 22.9 Å². The summed E-state index contributed by atoms with van der Waals surface area (Å²) in [7, 11) is -0.388. The first-order valence-electron chi connectivity index (χ1n) is 7.75. The minimum Gasteiger partial charge on any atom is -0.399 e. The zero-order chi connectivity index (χ0) is 16.4. The summed E-state index contributed by atoms with van der Waals surface area (Å²) in [6, 6.07) is 12.5. The van der Waals surface area contributed by atoms with Crippen LogP contribution in [0.4, 0.5) is 0 Å². The molecule has 5 heteroatoms. The van der Waals surface area contributed by atoms with Gasteiger partial charge < -0.3 is 9.31 Å². The molecule has 2 heterocycles. The smallest absolute Gasteiger partial charge is 0.399 e. The van der Waals surface area contributed by atoms with E-state index < -0.39 is 0 Å². The van der Waals surface area contributed by atoms with Gasteiger partial charge in [-0.2, -0.15) is 0 Å². The highest BCUT2D eigenvalue weighted by molar-refractivity contribution is 7.26. The highest BCUT2D eigenvalue weighted by Gasteiger charge is 2.51. The molecular weight excluding hydrogens is 327 g/mol. The standard InChI is InChI=1S/C18H18BClO2S/c1-17(2)18(3,4)22-19(21-17)11-9-13-12-7-5-6-8-15(12)23-16(13)14(20)10-11/h5-10H,1-4H3. The van der Waals surface area contributed by atoms with Gasteiger partial charge in [0.15, 0.2) is 0 Å². The van der Waals surface area contributed by atoms with Gasteiger partial charge in [0.1, 0.15) is 0 Å². The van der Waals surface area contributed by atoms with Gasteiger partial charge in [0.25, 0.3) is 0 Å². The maximum absolute atomic E-state index is 6.55. The van der Waals surface area contributed by atoms with Gasteiger partial charge in [0.05, 0.1) is 20.9 Å². The molecule has 0 aliphatic carbocycles. The fourth-order valence-corrected chi connectivity index (χ4v) is 4.35. The van der Waals surface area contributed by atoms with Crippen LogP contribution in [0.3, 0.4) is 0 Å². The average molecular weight is 345 g/mol. The van der Waals surface area contributed by atoms with E-state index in [-0.39, 0.29) is 18.3 Å². The molecule has 1 aromatic heterocycles. The molecule has 2 aromatic carbocycles. The van der Waals surface area contributed by atoms with Gasteiger partial charge in [0.2, 0.25) is 0 Å². The summed E-state index contributed by atoms with van der Waals surface area (Å²) in [5, 5.41) is 3.16. The molecule has 0 unspecified atom stereocenters. The molecule has 0 atom stereocenters. The Morgan fingerprint density at radius 2 is 1.61 bits per heavy atom. The Hall–Kier alpha value is -1.07. The quantitative estimate of drug-likeness (QED) is 0.578. The van der Waals surface area contributed by atoms with Crippen LogP contribution in [0.1, 0.15) is 27.7 Å². The summed E-state index contributed by atoms with van der Waals surface area (Å²) < 4.78 is 14.7. The third-order valence-corrected chi connectivity index (χ3v) is 6.61. The van der Waals surface area contributed by atoms with Gasteiger partial charge in [-0.25, -0.2) is 0 Å². The van der Waals surface area contributed by atoms with E-state index in [0.717, 1.165) is 15.2 Å². The Bertz CT molecular complexity index is 900.